The Kier molecular flexibility index (Phi) is 6.67. The van der Waals surface area contributed by atoms with Crippen molar-refractivity contribution in [2.45, 2.75) is 105 Å². The van der Waals surface area contributed by atoms with E-state index in [0.717, 1.165) is 11.8 Å². The second kappa shape index (κ2) is 9.29. The maximum absolute atomic E-state index is 14.0. The number of rotatable bonds is 10. The van der Waals surface area contributed by atoms with Crippen LogP contribution in [-0.2, 0) is 38.7 Å². The molecule has 8 aliphatic rings. The van der Waals surface area contributed by atoms with E-state index in [1.807, 2.05) is 0 Å². The minimum absolute atomic E-state index is 0.0654. The molecule has 8 rings (SSSR count). The van der Waals surface area contributed by atoms with Crippen LogP contribution < -0.4 is 0 Å². The number of carbonyl (C=O) groups is 2. The molecule has 8 aliphatic carbocycles. The molecule has 8 saturated carbocycles. The van der Waals surface area contributed by atoms with Gasteiger partial charge in [0.15, 0.2) is 0 Å². The molecule has 2 N–H and O–H groups in total. The van der Waals surface area contributed by atoms with Gasteiger partial charge in [0.1, 0.15) is 18.8 Å². The van der Waals surface area contributed by atoms with Crippen LogP contribution in [0, 0.1) is 29.6 Å². The van der Waals surface area contributed by atoms with Gasteiger partial charge in [-0.1, -0.05) is 0 Å². The second-order valence-electron chi connectivity index (χ2n) is 13.8. The van der Waals surface area contributed by atoms with Gasteiger partial charge in [-0.05, 0) is 87.9 Å². The molecule has 8 bridgehead atoms. The number of esters is 2. The highest BCUT2D eigenvalue weighted by Crippen LogP contribution is 2.62. The van der Waals surface area contributed by atoms with Gasteiger partial charge >= 0.3 is 27.3 Å². The van der Waals surface area contributed by atoms with Gasteiger partial charge in [-0.3, -0.25) is 4.55 Å². The number of halogens is 2. The molecule has 0 amide bonds. The third-order valence-electron chi connectivity index (χ3n) is 10.8. The minimum Gasteiger partial charge on any atom is -0.462 e. The Morgan fingerprint density at radius 3 is 2.08 bits per heavy atom. The fraction of sp³-hybridized carbons (Fsp3) is 0.926. The van der Waals surface area contributed by atoms with E-state index in [9.17, 15) is 31.9 Å². The van der Waals surface area contributed by atoms with E-state index in [1.165, 1.54) is 32.1 Å². The average Bonchev–Trinajstić information content (AvgIpc) is 2.81. The molecule has 0 heterocycles. The summed E-state index contributed by atoms with van der Waals surface area (Å²) in [6.07, 6.45) is 6.92. The molecular formula is C27H38F2O10S. The van der Waals surface area contributed by atoms with Crippen molar-refractivity contribution in [2.75, 3.05) is 19.8 Å². The molecule has 0 aromatic carbocycles. The molecule has 13 heteroatoms. The summed E-state index contributed by atoms with van der Waals surface area (Å²) < 4.78 is 81.4. The summed E-state index contributed by atoms with van der Waals surface area (Å²) in [5.41, 5.74) is -4.32. The van der Waals surface area contributed by atoms with Gasteiger partial charge in [0.25, 0.3) is 0 Å². The Bertz CT molecular complexity index is 1150. The monoisotopic (exact) mass is 592 g/mol. The highest BCUT2D eigenvalue weighted by Gasteiger charge is 2.67. The second-order valence-corrected chi connectivity index (χ2v) is 15.3. The summed E-state index contributed by atoms with van der Waals surface area (Å²) in [5, 5.41) is 5.98. The molecule has 0 aromatic rings. The Hall–Kier alpha value is -1.41. The Labute approximate surface area is 232 Å². The summed E-state index contributed by atoms with van der Waals surface area (Å²) >= 11 is 0. The predicted octanol–water partition coefficient (Wildman–Crippen LogP) is 3.01. The van der Waals surface area contributed by atoms with E-state index in [1.54, 1.807) is 0 Å². The van der Waals surface area contributed by atoms with Crippen LogP contribution >= 0.6 is 0 Å². The molecule has 0 radical (unpaired) electrons. The van der Waals surface area contributed by atoms with Gasteiger partial charge in [-0.15, -0.1) is 0 Å². The first-order chi connectivity index (χ1) is 18.5. The molecule has 40 heavy (non-hydrogen) atoms. The molecule has 10 nitrogen and oxygen atoms in total. The van der Waals surface area contributed by atoms with Crippen LogP contribution in [0.15, 0.2) is 0 Å². The Morgan fingerprint density at radius 2 is 1.48 bits per heavy atom. The van der Waals surface area contributed by atoms with Crippen LogP contribution in [-0.4, -0.2) is 77.5 Å². The molecule has 0 spiro atoms. The predicted molar refractivity (Wildman–Crippen MR) is 133 cm³/mol. The van der Waals surface area contributed by atoms with Crippen molar-refractivity contribution in [3.8, 4) is 0 Å². The molecule has 0 aliphatic heterocycles. The fourth-order valence-corrected chi connectivity index (χ4v) is 10.1. The van der Waals surface area contributed by atoms with E-state index in [2.05, 4.69) is 6.92 Å². The molecule has 0 saturated heterocycles. The van der Waals surface area contributed by atoms with Crippen molar-refractivity contribution >= 4 is 22.1 Å². The smallest absolute Gasteiger partial charge is 0.462 e. The summed E-state index contributed by atoms with van der Waals surface area (Å²) in [6.45, 7) is 2.09. The fourth-order valence-electron chi connectivity index (χ4n) is 9.88. The van der Waals surface area contributed by atoms with Crippen LogP contribution in [0.3, 0.4) is 0 Å². The maximum Gasteiger partial charge on any atom is 0.465 e. The van der Waals surface area contributed by atoms with Crippen molar-refractivity contribution < 1.29 is 55.4 Å². The molecule has 0 aromatic heterocycles. The third kappa shape index (κ3) is 4.87. The van der Waals surface area contributed by atoms with E-state index < -0.39 is 50.7 Å². The number of alkyl halides is 2. The topological polar surface area (TPSA) is 146 Å². The van der Waals surface area contributed by atoms with Crippen LogP contribution in [0.4, 0.5) is 8.78 Å². The summed E-state index contributed by atoms with van der Waals surface area (Å²) in [6, 6.07) is 0. The molecule has 8 fully saturated rings. The van der Waals surface area contributed by atoms with Crippen molar-refractivity contribution in [3.63, 3.8) is 0 Å². The zero-order chi connectivity index (χ0) is 28.8. The van der Waals surface area contributed by atoms with Gasteiger partial charge in [-0.25, -0.2) is 9.59 Å². The van der Waals surface area contributed by atoms with E-state index >= 15 is 0 Å². The van der Waals surface area contributed by atoms with Crippen molar-refractivity contribution in [1.29, 1.82) is 0 Å². The summed E-state index contributed by atoms with van der Waals surface area (Å²) in [5.74, 6) is -0.558. The standard InChI is InChI=1S/C27H38F2O10S/c1-23(19-5-16-4-17(7-19)8-20(23)6-16)37-3-2-36-21(30)12-38-25-10-18-9-24(32,13-25)14-26(11-18,15-25)39-22(31)27(28,29)40(33,34)35/h16-20,32H,2-15H2,1H3,(H,33,34,35). The zero-order valence-corrected chi connectivity index (χ0v) is 23.4. The lowest BCUT2D eigenvalue weighted by Gasteiger charge is -2.63. The Morgan fingerprint density at radius 1 is 0.875 bits per heavy atom. The van der Waals surface area contributed by atoms with Gasteiger partial charge in [0.05, 0.1) is 23.4 Å². The van der Waals surface area contributed by atoms with Gasteiger partial charge in [0.2, 0.25) is 0 Å². The first-order valence-electron chi connectivity index (χ1n) is 14.3. The number of ether oxygens (including phenoxy) is 4. The average molecular weight is 593 g/mol. The van der Waals surface area contributed by atoms with E-state index in [0.29, 0.717) is 24.7 Å². The number of hydrogen-bond donors (Lipinski definition) is 2. The Balaban J connectivity index is 1.03. The summed E-state index contributed by atoms with van der Waals surface area (Å²) in [7, 11) is -6.04. The molecular weight excluding hydrogens is 554 g/mol. The molecule has 226 valence electrons. The van der Waals surface area contributed by atoms with Crippen LogP contribution in [0.25, 0.3) is 0 Å². The van der Waals surface area contributed by atoms with Crippen molar-refractivity contribution in [3.05, 3.63) is 0 Å². The summed E-state index contributed by atoms with van der Waals surface area (Å²) in [4.78, 5) is 24.7. The van der Waals surface area contributed by atoms with Gasteiger partial charge < -0.3 is 24.1 Å². The lowest BCUT2D eigenvalue weighted by Crippen LogP contribution is -2.68. The van der Waals surface area contributed by atoms with Crippen LogP contribution in [0.2, 0.25) is 0 Å². The van der Waals surface area contributed by atoms with Crippen molar-refractivity contribution in [1.82, 2.24) is 0 Å². The molecule has 4 unspecified atom stereocenters. The third-order valence-corrected chi connectivity index (χ3v) is 11.6. The minimum atomic E-state index is -6.04. The lowest BCUT2D eigenvalue weighted by molar-refractivity contribution is -0.277. The zero-order valence-electron chi connectivity index (χ0n) is 22.6. The normalized spacial score (nSPS) is 45.1. The number of hydrogen-bond acceptors (Lipinski definition) is 9. The first-order valence-corrected chi connectivity index (χ1v) is 15.7. The van der Waals surface area contributed by atoms with Gasteiger partial charge in [-0.2, -0.15) is 17.2 Å². The maximum atomic E-state index is 14.0. The van der Waals surface area contributed by atoms with Crippen LogP contribution in [0.1, 0.15) is 77.6 Å². The quantitative estimate of drug-likeness (QED) is 0.221. The van der Waals surface area contributed by atoms with Crippen molar-refractivity contribution in [2.24, 2.45) is 29.6 Å². The lowest BCUT2D eigenvalue weighted by atomic mass is 9.50. The highest BCUT2D eigenvalue weighted by atomic mass is 32.2. The van der Waals surface area contributed by atoms with Gasteiger partial charge in [0, 0.05) is 19.3 Å². The van der Waals surface area contributed by atoms with E-state index in [-0.39, 0.29) is 50.4 Å². The largest absolute Gasteiger partial charge is 0.465 e. The van der Waals surface area contributed by atoms with E-state index in [4.69, 9.17) is 23.5 Å². The highest BCUT2D eigenvalue weighted by molar-refractivity contribution is 7.87. The SMILES string of the molecule is CC1(OCCOC(=O)COC23CC4CC(O)(C2)CC(OC(=O)C(F)(F)S(=O)(=O)O)(C4)C3)C2CC3CC(C2)CC1C3. The first kappa shape index (κ1) is 28.7. The van der Waals surface area contributed by atoms with Crippen LogP contribution in [0.5, 0.6) is 0 Å². The number of aliphatic hydroxyl groups is 1. The number of carbonyl (C=O) groups excluding carboxylic acids is 2. The molecule has 4 atom stereocenters.